The number of piperidine rings is 1. The molecule has 5 heterocycles. The fourth-order valence-electron chi connectivity index (χ4n) is 7.24. The first-order valence-corrected chi connectivity index (χ1v) is 14.5. The summed E-state index contributed by atoms with van der Waals surface area (Å²) in [5.41, 5.74) is 3.70. The van der Waals surface area contributed by atoms with Crippen LogP contribution in [0.2, 0.25) is 0 Å². The number of anilines is 1. The number of ether oxygens (including phenoxy) is 2. The Morgan fingerprint density at radius 3 is 2.67 bits per heavy atom. The highest BCUT2D eigenvalue weighted by Crippen LogP contribution is 2.61. The number of hydrogen-bond acceptors (Lipinski definition) is 8. The molecule has 0 radical (unpaired) electrons. The first-order valence-electron chi connectivity index (χ1n) is 14.5. The number of carbonyl (C=O) groups is 1. The Kier molecular flexibility index (Phi) is 5.74. The molecule has 0 amide bonds. The van der Waals surface area contributed by atoms with E-state index in [1.54, 1.807) is 24.3 Å². The number of carboxylic acid groups (broad SMARTS) is 1. The van der Waals surface area contributed by atoms with Gasteiger partial charge in [0.2, 0.25) is 5.88 Å². The summed E-state index contributed by atoms with van der Waals surface area (Å²) >= 11 is 0. The largest absolute Gasteiger partial charge is 0.478 e. The maximum atomic E-state index is 11.7. The SMILES string of the molecule is N#Cc1ccc(COc2cccc(N3CC4N(Cc5nc6ccc(C(=O)O)cc6n5C[C@@H]5CCO5)C5CCC543)n2)cc1. The summed E-state index contributed by atoms with van der Waals surface area (Å²) in [6, 6.07) is 21.5. The highest BCUT2D eigenvalue weighted by molar-refractivity contribution is 5.92. The van der Waals surface area contributed by atoms with Crippen molar-refractivity contribution in [2.75, 3.05) is 18.1 Å². The highest BCUT2D eigenvalue weighted by atomic mass is 16.5. The van der Waals surface area contributed by atoms with Crippen molar-refractivity contribution in [3.63, 3.8) is 0 Å². The van der Waals surface area contributed by atoms with Crippen molar-refractivity contribution in [3.05, 3.63) is 83.2 Å². The zero-order valence-electron chi connectivity index (χ0n) is 23.0. The van der Waals surface area contributed by atoms with Gasteiger partial charge in [-0.1, -0.05) is 18.2 Å². The van der Waals surface area contributed by atoms with Crippen molar-refractivity contribution < 1.29 is 19.4 Å². The van der Waals surface area contributed by atoms with Crippen molar-refractivity contribution in [2.24, 2.45) is 0 Å². The van der Waals surface area contributed by atoms with E-state index in [0.29, 0.717) is 36.7 Å². The Hall–Kier alpha value is -4.46. The summed E-state index contributed by atoms with van der Waals surface area (Å²) in [4.78, 5) is 26.5. The monoisotopic (exact) mass is 562 g/mol. The van der Waals surface area contributed by atoms with Gasteiger partial charge in [0.15, 0.2) is 0 Å². The van der Waals surface area contributed by atoms with Gasteiger partial charge in [-0.25, -0.2) is 9.78 Å². The average Bonchev–Trinajstić information content (AvgIpc) is 3.29. The molecule has 4 fully saturated rings. The third kappa shape index (κ3) is 3.81. The van der Waals surface area contributed by atoms with E-state index >= 15 is 0 Å². The molecule has 3 aliphatic heterocycles. The maximum Gasteiger partial charge on any atom is 0.335 e. The number of carboxylic acids is 1. The van der Waals surface area contributed by atoms with Gasteiger partial charge in [0.1, 0.15) is 18.2 Å². The molecule has 212 valence electrons. The van der Waals surface area contributed by atoms with Gasteiger partial charge in [0.05, 0.1) is 59.0 Å². The van der Waals surface area contributed by atoms with E-state index in [4.69, 9.17) is 24.7 Å². The summed E-state index contributed by atoms with van der Waals surface area (Å²) in [5.74, 6) is 1.58. The Bertz CT molecular complexity index is 1730. The smallest absolute Gasteiger partial charge is 0.335 e. The van der Waals surface area contributed by atoms with Crippen molar-refractivity contribution >= 4 is 22.8 Å². The van der Waals surface area contributed by atoms with E-state index in [1.165, 1.54) is 0 Å². The minimum absolute atomic E-state index is 0.114. The molecule has 2 aromatic heterocycles. The standard InChI is InChI=1S/C32H30N6O4/c33-15-20-4-6-21(7-5-20)19-42-30-3-1-2-28(35-30)38-17-27-32(38)12-10-26(32)37(27)18-29-34-24-9-8-22(31(39)40)14-25(24)36(29)16-23-11-13-41-23/h1-9,14,23,26-27H,10-13,16-19H2,(H,39,40)/t23-,26?,27?,32?/m0/s1. The van der Waals surface area contributed by atoms with Crippen LogP contribution in [-0.4, -0.2) is 67.4 Å². The summed E-state index contributed by atoms with van der Waals surface area (Å²) < 4.78 is 13.9. The van der Waals surface area contributed by atoms with E-state index < -0.39 is 5.97 Å². The van der Waals surface area contributed by atoms with Gasteiger partial charge in [-0.15, -0.1) is 0 Å². The lowest BCUT2D eigenvalue weighted by Crippen LogP contribution is -2.96. The molecule has 42 heavy (non-hydrogen) atoms. The second kappa shape index (κ2) is 9.54. The van der Waals surface area contributed by atoms with Crippen LogP contribution in [0.5, 0.6) is 5.88 Å². The Morgan fingerprint density at radius 2 is 1.98 bits per heavy atom. The molecule has 1 aliphatic carbocycles. The van der Waals surface area contributed by atoms with E-state index in [9.17, 15) is 9.90 Å². The normalized spacial score (nSPS) is 25.7. The molecule has 10 nitrogen and oxygen atoms in total. The van der Waals surface area contributed by atoms with Crippen molar-refractivity contribution in [1.29, 1.82) is 5.26 Å². The number of hydrogen-bond donors (Lipinski definition) is 1. The van der Waals surface area contributed by atoms with Crippen LogP contribution in [0.3, 0.4) is 0 Å². The summed E-state index contributed by atoms with van der Waals surface area (Å²) in [6.45, 7) is 3.49. The van der Waals surface area contributed by atoms with Crippen molar-refractivity contribution in [2.45, 2.75) is 62.7 Å². The maximum absolute atomic E-state index is 11.7. The third-order valence-corrected chi connectivity index (χ3v) is 9.66. The number of benzene rings is 2. The minimum atomic E-state index is -0.931. The fraction of sp³-hybridized carbons (Fsp3) is 0.375. The number of piperazine rings is 1. The van der Waals surface area contributed by atoms with Gasteiger partial charge in [-0.3, -0.25) is 4.90 Å². The number of imidazole rings is 1. The van der Waals surface area contributed by atoms with Crippen LogP contribution < -0.4 is 9.64 Å². The summed E-state index contributed by atoms with van der Waals surface area (Å²) in [5, 5.41) is 18.6. The molecule has 1 saturated carbocycles. The average molecular weight is 563 g/mol. The van der Waals surface area contributed by atoms with Crippen LogP contribution in [0.25, 0.3) is 11.0 Å². The van der Waals surface area contributed by atoms with Crippen LogP contribution in [-0.2, 0) is 24.4 Å². The van der Waals surface area contributed by atoms with Gasteiger partial charge >= 0.3 is 5.97 Å². The van der Waals surface area contributed by atoms with Gasteiger partial charge < -0.3 is 24.0 Å². The van der Waals surface area contributed by atoms with E-state index in [0.717, 1.165) is 67.2 Å². The molecular weight excluding hydrogens is 532 g/mol. The van der Waals surface area contributed by atoms with Crippen LogP contribution in [0.15, 0.2) is 60.7 Å². The predicted molar refractivity (Wildman–Crippen MR) is 153 cm³/mol. The molecule has 10 heteroatoms. The number of nitriles is 1. The lowest BCUT2D eigenvalue weighted by atomic mass is 9.52. The van der Waals surface area contributed by atoms with Gasteiger partial charge in [0.25, 0.3) is 0 Å². The molecule has 2 aromatic carbocycles. The van der Waals surface area contributed by atoms with Crippen LogP contribution in [0.1, 0.15) is 46.6 Å². The lowest BCUT2D eigenvalue weighted by Gasteiger charge is -2.80. The quantitative estimate of drug-likeness (QED) is 0.323. The number of aromatic carboxylic acids is 1. The first kappa shape index (κ1) is 25.3. The van der Waals surface area contributed by atoms with E-state index in [1.807, 2.05) is 30.3 Å². The molecule has 4 aliphatic rings. The summed E-state index contributed by atoms with van der Waals surface area (Å²) in [6.07, 6.45) is 3.43. The Morgan fingerprint density at radius 1 is 1.12 bits per heavy atom. The van der Waals surface area contributed by atoms with Gasteiger partial charge in [-0.05, 0) is 61.2 Å². The van der Waals surface area contributed by atoms with E-state index in [2.05, 4.69) is 26.5 Å². The lowest BCUT2D eigenvalue weighted by molar-refractivity contribution is -0.192. The number of pyridine rings is 1. The molecular formula is C32H30N6O4. The number of nitrogens with zero attached hydrogens (tertiary/aromatic N) is 6. The second-order valence-corrected chi connectivity index (χ2v) is 11.7. The molecule has 1 N–H and O–H groups in total. The first-order chi connectivity index (χ1) is 20.5. The summed E-state index contributed by atoms with van der Waals surface area (Å²) in [7, 11) is 0. The number of likely N-dealkylation sites (tertiary alicyclic amines) is 1. The van der Waals surface area contributed by atoms with Crippen molar-refractivity contribution in [1.82, 2.24) is 19.4 Å². The Balaban J connectivity index is 0.987. The number of rotatable bonds is 9. The van der Waals surface area contributed by atoms with Crippen molar-refractivity contribution in [3.8, 4) is 11.9 Å². The van der Waals surface area contributed by atoms with Crippen LogP contribution in [0.4, 0.5) is 5.82 Å². The zero-order chi connectivity index (χ0) is 28.4. The highest BCUT2D eigenvalue weighted by Gasteiger charge is 2.75. The molecule has 3 saturated heterocycles. The molecule has 4 atom stereocenters. The zero-order valence-corrected chi connectivity index (χ0v) is 23.0. The second-order valence-electron chi connectivity index (χ2n) is 11.7. The predicted octanol–water partition coefficient (Wildman–Crippen LogP) is 3.97. The number of fused-ring (bicyclic) bond motifs is 1. The molecule has 3 unspecified atom stereocenters. The van der Waals surface area contributed by atoms with Gasteiger partial charge in [-0.2, -0.15) is 10.2 Å². The molecule has 0 bridgehead atoms. The van der Waals surface area contributed by atoms with E-state index in [-0.39, 0.29) is 17.2 Å². The Labute approximate surface area is 242 Å². The van der Waals surface area contributed by atoms with Crippen LogP contribution >= 0.6 is 0 Å². The molecule has 8 rings (SSSR count). The minimum Gasteiger partial charge on any atom is -0.478 e. The third-order valence-electron chi connectivity index (χ3n) is 9.66. The fourth-order valence-corrected chi connectivity index (χ4v) is 7.24. The number of aromatic nitrogens is 3. The van der Waals surface area contributed by atoms with Gasteiger partial charge in [0, 0.05) is 25.3 Å². The topological polar surface area (TPSA) is 117 Å². The molecule has 4 aromatic rings. The molecule has 1 spiro atoms. The van der Waals surface area contributed by atoms with Crippen LogP contribution in [0, 0.1) is 11.3 Å².